The topological polar surface area (TPSA) is 119 Å². The van der Waals surface area contributed by atoms with Crippen LogP contribution in [0.2, 0.25) is 0 Å². The zero-order valence-electron chi connectivity index (χ0n) is 17.3. The fourth-order valence-electron chi connectivity index (χ4n) is 3.63. The summed E-state index contributed by atoms with van der Waals surface area (Å²) in [6.45, 7) is 2.77. The lowest BCUT2D eigenvalue weighted by Crippen LogP contribution is -2.48. The van der Waals surface area contributed by atoms with Crippen LogP contribution in [0.5, 0.6) is 0 Å². The second-order valence-corrected chi connectivity index (χ2v) is 10.7. The van der Waals surface area contributed by atoms with Crippen LogP contribution in [-0.4, -0.2) is 37.6 Å². The lowest BCUT2D eigenvalue weighted by atomic mass is 10.1. The van der Waals surface area contributed by atoms with E-state index in [2.05, 4.69) is 10.9 Å². The summed E-state index contributed by atoms with van der Waals surface area (Å²) < 4.78 is 30.4. The Morgan fingerprint density at radius 3 is 2.45 bits per heavy atom. The van der Waals surface area contributed by atoms with Crippen LogP contribution in [0.4, 0.5) is 0 Å². The van der Waals surface area contributed by atoms with Crippen molar-refractivity contribution in [1.29, 1.82) is 0 Å². The van der Waals surface area contributed by atoms with Gasteiger partial charge >= 0.3 is 5.97 Å². The number of amides is 2. The predicted molar refractivity (Wildman–Crippen MR) is 115 cm³/mol. The molecule has 2 amide bonds. The van der Waals surface area contributed by atoms with Crippen LogP contribution in [0.25, 0.3) is 0 Å². The first-order valence-electron chi connectivity index (χ1n) is 9.79. The molecule has 0 radical (unpaired) electrons. The molecular weight excluding hydrogens is 440 g/mol. The summed E-state index contributed by atoms with van der Waals surface area (Å²) in [5, 5.41) is 1.72. The number of benzene rings is 1. The van der Waals surface area contributed by atoms with Crippen molar-refractivity contribution in [2.45, 2.75) is 49.2 Å². The molecule has 1 aliphatic carbocycles. The maximum absolute atomic E-state index is 13.5. The first kappa shape index (κ1) is 23.0. The number of esters is 1. The van der Waals surface area contributed by atoms with Crippen LogP contribution < -0.4 is 10.9 Å². The van der Waals surface area contributed by atoms with E-state index in [1.165, 1.54) is 11.3 Å². The maximum Gasteiger partial charge on any atom is 0.328 e. The molecule has 2 N–H and O–H groups in total. The number of carbonyl (C=O) groups is 3. The van der Waals surface area contributed by atoms with Gasteiger partial charge < -0.3 is 4.74 Å². The first-order chi connectivity index (χ1) is 14.7. The summed E-state index contributed by atoms with van der Waals surface area (Å²) in [6.07, 6.45) is 1.42. The molecule has 1 saturated carbocycles. The van der Waals surface area contributed by atoms with Gasteiger partial charge in [0.05, 0.1) is 9.77 Å². The molecule has 8 nitrogen and oxygen atoms in total. The largest absolute Gasteiger partial charge is 0.454 e. The number of hydrogen-bond acceptors (Lipinski definition) is 7. The van der Waals surface area contributed by atoms with Gasteiger partial charge in [-0.2, -0.15) is 0 Å². The van der Waals surface area contributed by atoms with Crippen LogP contribution in [-0.2, 0) is 24.2 Å². The van der Waals surface area contributed by atoms with E-state index in [9.17, 15) is 22.8 Å². The Morgan fingerprint density at radius 1 is 1.10 bits per heavy atom. The Kier molecular flexibility index (Phi) is 6.80. The van der Waals surface area contributed by atoms with Crippen molar-refractivity contribution in [3.05, 3.63) is 51.7 Å². The van der Waals surface area contributed by atoms with Crippen molar-refractivity contribution < 1.29 is 27.5 Å². The third-order valence-electron chi connectivity index (χ3n) is 5.33. The summed E-state index contributed by atoms with van der Waals surface area (Å²) in [6, 6.07) is 8.36. The minimum atomic E-state index is -4.03. The van der Waals surface area contributed by atoms with E-state index in [4.69, 9.17) is 4.74 Å². The SMILES string of the molecule is Cc1ccc(C)c(S(=O)(=O)C2(C(=O)OCC(=O)NNC(=O)c3cccs3)CCCC2)c1. The van der Waals surface area contributed by atoms with Crippen LogP contribution in [0, 0.1) is 13.8 Å². The molecule has 0 atom stereocenters. The predicted octanol–water partition coefficient (Wildman–Crippen LogP) is 2.46. The van der Waals surface area contributed by atoms with Gasteiger partial charge in [0.25, 0.3) is 11.8 Å². The highest BCUT2D eigenvalue weighted by Crippen LogP contribution is 2.42. The van der Waals surface area contributed by atoms with Gasteiger partial charge in [-0.3, -0.25) is 25.2 Å². The Morgan fingerprint density at radius 2 is 1.81 bits per heavy atom. The van der Waals surface area contributed by atoms with E-state index >= 15 is 0 Å². The average molecular weight is 465 g/mol. The number of aryl methyl sites for hydroxylation is 2. The molecule has 1 fully saturated rings. The van der Waals surface area contributed by atoms with Crippen molar-refractivity contribution in [3.8, 4) is 0 Å². The Balaban J connectivity index is 1.69. The molecule has 166 valence electrons. The smallest absolute Gasteiger partial charge is 0.328 e. The van der Waals surface area contributed by atoms with Crippen LogP contribution >= 0.6 is 11.3 Å². The fourth-order valence-corrected chi connectivity index (χ4v) is 6.61. The minimum Gasteiger partial charge on any atom is -0.454 e. The first-order valence-corrected chi connectivity index (χ1v) is 12.2. The van der Waals surface area contributed by atoms with E-state index in [-0.39, 0.29) is 17.7 Å². The number of sulfone groups is 1. The summed E-state index contributed by atoms with van der Waals surface area (Å²) >= 11 is 1.20. The highest BCUT2D eigenvalue weighted by molar-refractivity contribution is 7.93. The number of hydrazine groups is 1. The Bertz CT molecular complexity index is 1090. The van der Waals surface area contributed by atoms with Gasteiger partial charge in [-0.25, -0.2) is 8.42 Å². The van der Waals surface area contributed by atoms with Crippen molar-refractivity contribution in [1.82, 2.24) is 10.9 Å². The second-order valence-electron chi connectivity index (χ2n) is 7.53. The third-order valence-corrected chi connectivity index (χ3v) is 8.82. The third kappa shape index (κ3) is 4.64. The number of hydrogen-bond donors (Lipinski definition) is 2. The molecule has 0 aliphatic heterocycles. The molecule has 0 saturated heterocycles. The van der Waals surface area contributed by atoms with Crippen molar-refractivity contribution in [2.75, 3.05) is 6.61 Å². The Hall–Kier alpha value is -2.72. The highest BCUT2D eigenvalue weighted by atomic mass is 32.2. The van der Waals surface area contributed by atoms with E-state index < -0.39 is 39.0 Å². The van der Waals surface area contributed by atoms with Gasteiger partial charge in [0.1, 0.15) is 0 Å². The monoisotopic (exact) mass is 464 g/mol. The fraction of sp³-hybridized carbons (Fsp3) is 0.381. The molecule has 2 aromatic rings. The van der Waals surface area contributed by atoms with Gasteiger partial charge in [-0.1, -0.05) is 31.0 Å². The number of rotatable bonds is 6. The van der Waals surface area contributed by atoms with Crippen molar-refractivity contribution >= 4 is 39.0 Å². The van der Waals surface area contributed by atoms with Crippen LogP contribution in [0.15, 0.2) is 40.6 Å². The summed E-state index contributed by atoms with van der Waals surface area (Å²) in [4.78, 5) is 37.3. The molecule has 1 heterocycles. The van der Waals surface area contributed by atoms with Gasteiger partial charge in [-0.15, -0.1) is 11.3 Å². The quantitative estimate of drug-likeness (QED) is 0.501. The lowest BCUT2D eigenvalue weighted by molar-refractivity contribution is -0.151. The number of carbonyl (C=O) groups excluding carboxylic acids is 3. The van der Waals surface area contributed by atoms with E-state index in [0.29, 0.717) is 23.3 Å². The van der Waals surface area contributed by atoms with Crippen LogP contribution in [0.1, 0.15) is 46.5 Å². The van der Waals surface area contributed by atoms with Crippen molar-refractivity contribution in [2.24, 2.45) is 0 Å². The molecule has 10 heteroatoms. The molecule has 31 heavy (non-hydrogen) atoms. The zero-order chi connectivity index (χ0) is 22.6. The van der Waals surface area contributed by atoms with Gasteiger partial charge in [0, 0.05) is 0 Å². The molecule has 1 aromatic carbocycles. The van der Waals surface area contributed by atoms with E-state index in [1.54, 1.807) is 43.5 Å². The number of nitrogens with one attached hydrogen (secondary N) is 2. The molecule has 0 bridgehead atoms. The number of thiophene rings is 1. The molecular formula is C21H24N2O6S2. The lowest BCUT2D eigenvalue weighted by Gasteiger charge is -2.27. The standard InChI is InChI=1S/C21H24N2O6S2/c1-14-7-8-15(2)17(12-14)31(27,28)21(9-3-4-10-21)20(26)29-13-18(24)22-23-19(25)16-6-5-11-30-16/h5-8,11-12H,3-4,9-10,13H2,1-2H3,(H,22,24)(H,23,25). The minimum absolute atomic E-state index is 0.110. The van der Waals surface area contributed by atoms with Gasteiger partial charge in [0.15, 0.2) is 21.2 Å². The van der Waals surface area contributed by atoms with E-state index in [1.807, 2.05) is 6.07 Å². The van der Waals surface area contributed by atoms with Gasteiger partial charge in [0.2, 0.25) is 0 Å². The van der Waals surface area contributed by atoms with Gasteiger partial charge in [-0.05, 0) is 55.3 Å². The summed E-state index contributed by atoms with van der Waals surface area (Å²) in [5.74, 6) is -2.21. The normalized spacial score (nSPS) is 15.3. The molecule has 0 unspecified atom stereocenters. The van der Waals surface area contributed by atoms with Crippen LogP contribution in [0.3, 0.4) is 0 Å². The maximum atomic E-state index is 13.5. The molecule has 3 rings (SSSR count). The van der Waals surface area contributed by atoms with Crippen molar-refractivity contribution in [3.63, 3.8) is 0 Å². The molecule has 0 spiro atoms. The molecule has 1 aliphatic rings. The number of ether oxygens (including phenoxy) is 1. The summed E-state index contributed by atoms with van der Waals surface area (Å²) in [5.41, 5.74) is 5.70. The summed E-state index contributed by atoms with van der Waals surface area (Å²) in [7, 11) is -4.03. The van der Waals surface area contributed by atoms with E-state index in [0.717, 1.165) is 5.56 Å². The highest BCUT2D eigenvalue weighted by Gasteiger charge is 2.54. The second kappa shape index (κ2) is 9.19. The zero-order valence-corrected chi connectivity index (χ0v) is 18.9. The Labute approximate surface area is 184 Å². The molecule has 1 aromatic heterocycles. The average Bonchev–Trinajstić information content (AvgIpc) is 3.44.